The lowest BCUT2D eigenvalue weighted by molar-refractivity contribution is 0.0127. The monoisotopic (exact) mass is 297 g/mol. The van der Waals surface area contributed by atoms with Gasteiger partial charge in [-0.15, -0.1) is 0 Å². The van der Waals surface area contributed by atoms with Crippen LogP contribution < -0.4 is 0 Å². The van der Waals surface area contributed by atoms with Gasteiger partial charge in [-0.25, -0.2) is 0 Å². The first-order valence-electron chi connectivity index (χ1n) is 8.97. The Hall–Kier alpha value is -1.07. The fourth-order valence-electron chi connectivity index (χ4n) is 6.19. The van der Waals surface area contributed by atoms with Crippen molar-refractivity contribution in [1.29, 1.82) is 5.26 Å². The van der Waals surface area contributed by atoms with Crippen molar-refractivity contribution in [3.8, 4) is 6.07 Å². The number of fused-ring (bicyclic) bond motifs is 5. The number of hydrogen-bond acceptors (Lipinski definition) is 2. The zero-order valence-corrected chi connectivity index (χ0v) is 13.8. The second-order valence-corrected chi connectivity index (χ2v) is 8.54. The number of aliphatic hydroxyl groups excluding tert-OH is 1. The summed E-state index contributed by atoms with van der Waals surface area (Å²) in [7, 11) is 0. The summed E-state index contributed by atoms with van der Waals surface area (Å²) in [5.41, 5.74) is 3.41. The summed E-state index contributed by atoms with van der Waals surface area (Å²) in [5.74, 6) is 1.45. The van der Waals surface area contributed by atoms with E-state index in [1.165, 1.54) is 19.3 Å². The molecule has 0 heterocycles. The van der Waals surface area contributed by atoms with Crippen LogP contribution in [-0.2, 0) is 0 Å². The molecule has 0 spiro atoms. The average Bonchev–Trinajstić information content (AvgIpc) is 2.81. The van der Waals surface area contributed by atoms with Gasteiger partial charge in [0.25, 0.3) is 0 Å². The number of hydrogen-bond donors (Lipinski definition) is 1. The number of allylic oxidation sites excluding steroid dienone is 4. The predicted molar refractivity (Wildman–Crippen MR) is 86.8 cm³/mol. The van der Waals surface area contributed by atoms with Gasteiger partial charge in [-0.2, -0.15) is 5.26 Å². The molecular formula is C20H27NO. The molecule has 0 saturated heterocycles. The minimum Gasteiger partial charge on any atom is -0.393 e. The van der Waals surface area contributed by atoms with Gasteiger partial charge in [-0.3, -0.25) is 0 Å². The van der Waals surface area contributed by atoms with Crippen LogP contribution in [0, 0.1) is 39.9 Å². The molecule has 2 heteroatoms. The van der Waals surface area contributed by atoms with Crippen molar-refractivity contribution < 1.29 is 5.11 Å². The molecule has 0 radical (unpaired) electrons. The minimum atomic E-state index is -0.127. The van der Waals surface area contributed by atoms with Gasteiger partial charge >= 0.3 is 0 Å². The van der Waals surface area contributed by atoms with E-state index < -0.39 is 0 Å². The number of rotatable bonds is 0. The van der Waals surface area contributed by atoms with E-state index in [0.29, 0.717) is 11.8 Å². The van der Waals surface area contributed by atoms with E-state index in [9.17, 15) is 10.4 Å². The minimum absolute atomic E-state index is 0.0923. The Labute approximate surface area is 133 Å². The summed E-state index contributed by atoms with van der Waals surface area (Å²) in [6, 6.07) is 2.51. The highest BCUT2D eigenvalue weighted by Crippen LogP contribution is 2.63. The van der Waals surface area contributed by atoms with Crippen molar-refractivity contribution >= 4 is 0 Å². The third-order valence-corrected chi connectivity index (χ3v) is 7.56. The molecule has 2 saturated carbocycles. The van der Waals surface area contributed by atoms with Gasteiger partial charge in [0.2, 0.25) is 0 Å². The van der Waals surface area contributed by atoms with E-state index in [1.54, 1.807) is 11.1 Å². The van der Waals surface area contributed by atoms with Gasteiger partial charge in [-0.05, 0) is 56.8 Å². The van der Waals surface area contributed by atoms with Crippen LogP contribution in [0.2, 0.25) is 0 Å². The fourth-order valence-corrected chi connectivity index (χ4v) is 6.19. The highest BCUT2D eigenvalue weighted by atomic mass is 16.3. The van der Waals surface area contributed by atoms with Crippen LogP contribution in [0.25, 0.3) is 0 Å². The number of nitriles is 1. The predicted octanol–water partition coefficient (Wildman–Crippen LogP) is 4.37. The summed E-state index contributed by atoms with van der Waals surface area (Å²) >= 11 is 0. The number of nitrogens with zero attached hydrogens (tertiary/aromatic N) is 1. The molecule has 0 bridgehead atoms. The molecule has 4 aliphatic carbocycles. The fraction of sp³-hybridized carbons (Fsp3) is 0.750. The van der Waals surface area contributed by atoms with E-state index in [4.69, 9.17) is 0 Å². The van der Waals surface area contributed by atoms with E-state index in [0.717, 1.165) is 25.7 Å². The second-order valence-electron chi connectivity index (χ2n) is 8.54. The van der Waals surface area contributed by atoms with E-state index in [-0.39, 0.29) is 22.9 Å². The summed E-state index contributed by atoms with van der Waals surface area (Å²) in [4.78, 5) is 0. The first kappa shape index (κ1) is 14.5. The van der Waals surface area contributed by atoms with Gasteiger partial charge in [0.15, 0.2) is 0 Å². The Kier molecular flexibility index (Phi) is 3.11. The van der Waals surface area contributed by atoms with Crippen LogP contribution in [0.1, 0.15) is 58.8 Å². The Balaban J connectivity index is 1.75. The SMILES string of the molecule is C[C@]12CC(C#N)CC=C1CC[C@@H]1C2=CC[C@]2(C)[C@H](O)CC[C@@H]12. The smallest absolute Gasteiger partial charge is 0.0659 e. The molecule has 2 fully saturated rings. The van der Waals surface area contributed by atoms with Gasteiger partial charge in [0.05, 0.1) is 18.1 Å². The highest BCUT2D eigenvalue weighted by Gasteiger charge is 2.55. The number of aliphatic hydroxyl groups is 1. The van der Waals surface area contributed by atoms with Crippen molar-refractivity contribution in [3.63, 3.8) is 0 Å². The molecule has 6 atom stereocenters. The summed E-state index contributed by atoms with van der Waals surface area (Å²) < 4.78 is 0. The zero-order valence-electron chi connectivity index (χ0n) is 13.8. The quantitative estimate of drug-likeness (QED) is 0.675. The highest BCUT2D eigenvalue weighted by molar-refractivity contribution is 5.39. The van der Waals surface area contributed by atoms with Crippen LogP contribution in [-0.4, -0.2) is 11.2 Å². The maximum atomic E-state index is 10.5. The lowest BCUT2D eigenvalue weighted by Gasteiger charge is -2.53. The molecule has 22 heavy (non-hydrogen) atoms. The summed E-state index contributed by atoms with van der Waals surface area (Å²) in [6.45, 7) is 4.68. The molecule has 0 aromatic heterocycles. The summed E-state index contributed by atoms with van der Waals surface area (Å²) in [6.07, 6.45) is 12.3. The van der Waals surface area contributed by atoms with Crippen molar-refractivity contribution in [3.05, 3.63) is 23.3 Å². The first-order chi connectivity index (χ1) is 10.5. The molecule has 118 valence electrons. The van der Waals surface area contributed by atoms with Crippen LogP contribution in [0.5, 0.6) is 0 Å². The Bertz CT molecular complexity index is 597. The van der Waals surface area contributed by atoms with Crippen molar-refractivity contribution in [2.75, 3.05) is 0 Å². The van der Waals surface area contributed by atoms with Gasteiger partial charge in [0, 0.05) is 10.8 Å². The first-order valence-corrected chi connectivity index (χ1v) is 8.97. The Morgan fingerprint density at radius 3 is 2.82 bits per heavy atom. The topological polar surface area (TPSA) is 44.0 Å². The molecular weight excluding hydrogens is 270 g/mol. The maximum absolute atomic E-state index is 10.5. The van der Waals surface area contributed by atoms with E-state index in [1.807, 2.05) is 0 Å². The second kappa shape index (κ2) is 4.71. The summed E-state index contributed by atoms with van der Waals surface area (Å²) in [5, 5.41) is 19.9. The largest absolute Gasteiger partial charge is 0.393 e. The molecule has 0 aliphatic heterocycles. The Morgan fingerprint density at radius 1 is 1.23 bits per heavy atom. The van der Waals surface area contributed by atoms with Gasteiger partial charge in [-0.1, -0.05) is 37.1 Å². The molecule has 0 aromatic carbocycles. The molecule has 1 unspecified atom stereocenters. The van der Waals surface area contributed by atoms with Crippen molar-refractivity contribution in [2.24, 2.45) is 28.6 Å². The van der Waals surface area contributed by atoms with E-state index >= 15 is 0 Å². The third kappa shape index (κ3) is 1.75. The van der Waals surface area contributed by atoms with Crippen LogP contribution in [0.4, 0.5) is 0 Å². The van der Waals surface area contributed by atoms with Gasteiger partial charge < -0.3 is 5.11 Å². The molecule has 1 N–H and O–H groups in total. The normalized spacial score (nSPS) is 50.1. The molecule has 0 amide bonds. The standard InChI is InChI=1S/C20H27NO/c1-19-10-9-17-15(16(19)7-8-18(19)22)6-5-14-4-3-13(12-21)11-20(14,17)2/h4,9,13,15-16,18,22H,3,5-8,10-11H2,1-2H3/t13?,15-,16-,18+,19-,20-/m0/s1. The van der Waals surface area contributed by atoms with E-state index in [2.05, 4.69) is 32.1 Å². The molecule has 0 aromatic rings. The zero-order chi connectivity index (χ0) is 15.5. The Morgan fingerprint density at radius 2 is 2.05 bits per heavy atom. The van der Waals surface area contributed by atoms with Gasteiger partial charge in [0.1, 0.15) is 0 Å². The van der Waals surface area contributed by atoms with Crippen LogP contribution in [0.15, 0.2) is 23.3 Å². The van der Waals surface area contributed by atoms with Crippen molar-refractivity contribution in [1.82, 2.24) is 0 Å². The lowest BCUT2D eigenvalue weighted by Crippen LogP contribution is -2.45. The third-order valence-electron chi connectivity index (χ3n) is 7.56. The van der Waals surface area contributed by atoms with Crippen LogP contribution in [0.3, 0.4) is 0 Å². The molecule has 4 aliphatic rings. The lowest BCUT2D eigenvalue weighted by atomic mass is 9.51. The van der Waals surface area contributed by atoms with Crippen LogP contribution >= 0.6 is 0 Å². The maximum Gasteiger partial charge on any atom is 0.0659 e. The molecule has 4 rings (SSSR count). The average molecular weight is 297 g/mol. The van der Waals surface area contributed by atoms with Crippen molar-refractivity contribution in [2.45, 2.75) is 64.9 Å². The molecule has 2 nitrogen and oxygen atoms in total.